The maximum Gasteiger partial charge on any atom is 0.307 e. The minimum Gasteiger partial charge on any atom is -0.481 e. The molecule has 1 aromatic rings. The number of rotatable bonds is 4. The summed E-state index contributed by atoms with van der Waals surface area (Å²) in [7, 11) is 0. The second-order valence-electron chi connectivity index (χ2n) is 7.89. The number of carboxylic acids is 1. The highest BCUT2D eigenvalue weighted by Gasteiger charge is 2.51. The number of nitrogens with one attached hydrogen (secondary N) is 1. The van der Waals surface area contributed by atoms with Gasteiger partial charge in [0, 0.05) is 10.8 Å². The Bertz CT molecular complexity index is 689. The number of carbonyl (C=O) groups is 2. The molecular weight excluding hydrogens is 324 g/mol. The van der Waals surface area contributed by atoms with Gasteiger partial charge in [0.15, 0.2) is 0 Å². The molecule has 6 heteroatoms. The lowest BCUT2D eigenvalue weighted by molar-refractivity contribution is -0.148. The van der Waals surface area contributed by atoms with Crippen LogP contribution in [0.1, 0.15) is 50.9 Å². The summed E-state index contributed by atoms with van der Waals surface area (Å²) < 4.78 is 0. The maximum absolute atomic E-state index is 12.7. The van der Waals surface area contributed by atoms with Crippen LogP contribution in [0.5, 0.6) is 0 Å². The number of hydrogen-bond acceptors (Lipinski definition) is 4. The van der Waals surface area contributed by atoms with Crippen LogP contribution in [0.2, 0.25) is 0 Å². The molecule has 24 heavy (non-hydrogen) atoms. The molecule has 0 spiro atoms. The summed E-state index contributed by atoms with van der Waals surface area (Å²) in [6.45, 7) is 8.22. The van der Waals surface area contributed by atoms with Crippen molar-refractivity contribution >= 4 is 23.2 Å². The van der Waals surface area contributed by atoms with Crippen molar-refractivity contribution in [2.24, 2.45) is 23.7 Å². The average molecular weight is 348 g/mol. The Kier molecular flexibility index (Phi) is 4.28. The van der Waals surface area contributed by atoms with Gasteiger partial charge in [-0.15, -0.1) is 11.3 Å². The molecule has 5 nitrogen and oxygen atoms in total. The summed E-state index contributed by atoms with van der Waals surface area (Å²) in [6.07, 6.45) is 4.72. The number of nitrogens with zero attached hydrogens (tertiary/aromatic N) is 1. The first-order chi connectivity index (χ1) is 11.2. The van der Waals surface area contributed by atoms with Gasteiger partial charge in [-0.25, -0.2) is 4.98 Å². The van der Waals surface area contributed by atoms with Crippen LogP contribution < -0.4 is 5.32 Å². The molecule has 5 atom stereocenters. The van der Waals surface area contributed by atoms with E-state index in [1.165, 1.54) is 11.3 Å². The van der Waals surface area contributed by atoms with Crippen molar-refractivity contribution in [1.29, 1.82) is 0 Å². The van der Waals surface area contributed by atoms with E-state index in [1.807, 2.05) is 24.5 Å². The molecule has 2 aliphatic rings. The fraction of sp³-hybridized carbons (Fsp3) is 0.611. The molecular formula is C18H24N2O3S. The normalized spacial score (nSPS) is 29.7. The predicted octanol–water partition coefficient (Wildman–Crippen LogP) is 3.14. The third kappa shape index (κ3) is 2.99. The molecule has 2 N–H and O–H groups in total. The molecule has 1 aromatic heterocycles. The summed E-state index contributed by atoms with van der Waals surface area (Å²) in [5.41, 5.74) is 0.984. The molecule has 3 rings (SSSR count). The van der Waals surface area contributed by atoms with Crippen molar-refractivity contribution in [3.05, 3.63) is 28.2 Å². The van der Waals surface area contributed by atoms with Gasteiger partial charge in [-0.2, -0.15) is 0 Å². The highest BCUT2D eigenvalue weighted by atomic mass is 32.1. The molecule has 2 aliphatic carbocycles. The molecule has 0 unspecified atom stereocenters. The van der Waals surface area contributed by atoms with Crippen LogP contribution >= 0.6 is 11.3 Å². The van der Waals surface area contributed by atoms with E-state index in [9.17, 15) is 14.7 Å². The Hall–Kier alpha value is -1.69. The third-order valence-electron chi connectivity index (χ3n) is 5.07. The van der Waals surface area contributed by atoms with E-state index >= 15 is 0 Å². The van der Waals surface area contributed by atoms with E-state index in [1.54, 1.807) is 0 Å². The molecule has 1 saturated carbocycles. The largest absolute Gasteiger partial charge is 0.481 e. The molecule has 130 valence electrons. The first-order valence-electron chi connectivity index (χ1n) is 8.36. The quantitative estimate of drug-likeness (QED) is 0.819. The highest BCUT2D eigenvalue weighted by Crippen LogP contribution is 2.48. The standard InChI is InChI=1S/C18H24N2O3S/c1-9(16-20-12(8-24-16)18(2,3)4)19-15(21)13-10-5-6-11(7-10)14(13)17(22)23/h5-6,8-11,13-14H,7H2,1-4H3,(H,19,21)(H,22,23)/t9-,10-,11-,13-,14-/m0/s1. The first-order valence-corrected chi connectivity index (χ1v) is 9.24. The van der Waals surface area contributed by atoms with Gasteiger partial charge in [0.05, 0.1) is 23.6 Å². The summed E-state index contributed by atoms with van der Waals surface area (Å²) >= 11 is 1.54. The van der Waals surface area contributed by atoms with Gasteiger partial charge < -0.3 is 10.4 Å². The maximum atomic E-state index is 12.7. The minimum atomic E-state index is -0.871. The Morgan fingerprint density at radius 3 is 2.46 bits per heavy atom. The van der Waals surface area contributed by atoms with Crippen LogP contribution in [-0.2, 0) is 15.0 Å². The number of carboxylic acid groups (broad SMARTS) is 1. The number of hydrogen-bond donors (Lipinski definition) is 2. The lowest BCUT2D eigenvalue weighted by Crippen LogP contribution is -2.41. The van der Waals surface area contributed by atoms with Crippen LogP contribution in [0.15, 0.2) is 17.5 Å². The van der Waals surface area contributed by atoms with Gasteiger partial charge >= 0.3 is 5.97 Å². The van der Waals surface area contributed by atoms with Crippen LogP contribution in [0.4, 0.5) is 0 Å². The van der Waals surface area contributed by atoms with E-state index in [0.717, 1.165) is 17.1 Å². The van der Waals surface area contributed by atoms with Crippen LogP contribution in [0.25, 0.3) is 0 Å². The van der Waals surface area contributed by atoms with E-state index in [4.69, 9.17) is 0 Å². The van der Waals surface area contributed by atoms with Gasteiger partial charge in [-0.05, 0) is 25.2 Å². The zero-order valence-electron chi connectivity index (χ0n) is 14.4. The van der Waals surface area contributed by atoms with Crippen LogP contribution in [0, 0.1) is 23.7 Å². The van der Waals surface area contributed by atoms with Gasteiger partial charge in [0.2, 0.25) is 5.91 Å². The topological polar surface area (TPSA) is 79.3 Å². The van der Waals surface area contributed by atoms with Crippen molar-refractivity contribution in [2.45, 2.75) is 45.6 Å². The molecule has 1 heterocycles. The van der Waals surface area contributed by atoms with E-state index in [0.29, 0.717) is 0 Å². The molecule has 0 aromatic carbocycles. The number of allylic oxidation sites excluding steroid dienone is 2. The monoisotopic (exact) mass is 348 g/mol. The summed E-state index contributed by atoms with van der Waals surface area (Å²) in [5.74, 6) is -2.07. The smallest absolute Gasteiger partial charge is 0.307 e. The van der Waals surface area contributed by atoms with Crippen molar-refractivity contribution in [3.63, 3.8) is 0 Å². The fourth-order valence-corrected chi connectivity index (χ4v) is 4.77. The van der Waals surface area contributed by atoms with Gasteiger partial charge in [-0.1, -0.05) is 32.9 Å². The zero-order chi connectivity index (χ0) is 17.6. The lowest BCUT2D eigenvalue weighted by atomic mass is 9.82. The highest BCUT2D eigenvalue weighted by molar-refractivity contribution is 7.09. The van der Waals surface area contributed by atoms with Crippen LogP contribution in [0.3, 0.4) is 0 Å². The van der Waals surface area contributed by atoms with E-state index < -0.39 is 17.8 Å². The van der Waals surface area contributed by atoms with Crippen molar-refractivity contribution in [1.82, 2.24) is 10.3 Å². The van der Waals surface area contributed by atoms with Crippen molar-refractivity contribution in [2.75, 3.05) is 0 Å². The summed E-state index contributed by atoms with van der Waals surface area (Å²) in [6, 6.07) is -0.212. The molecule has 0 radical (unpaired) electrons. The fourth-order valence-electron chi connectivity index (χ4n) is 3.72. The summed E-state index contributed by atoms with van der Waals surface area (Å²) in [4.78, 5) is 28.9. The molecule has 0 aliphatic heterocycles. The number of aliphatic carboxylic acids is 1. The van der Waals surface area contributed by atoms with Gasteiger partial charge in [0.1, 0.15) is 5.01 Å². The first kappa shape index (κ1) is 17.1. The number of fused-ring (bicyclic) bond motifs is 2. The molecule has 0 saturated heterocycles. The predicted molar refractivity (Wildman–Crippen MR) is 92.7 cm³/mol. The summed E-state index contributed by atoms with van der Waals surface area (Å²) in [5, 5.41) is 15.3. The van der Waals surface area contributed by atoms with Gasteiger partial charge in [-0.3, -0.25) is 9.59 Å². The Morgan fingerprint density at radius 1 is 1.29 bits per heavy atom. The van der Waals surface area contributed by atoms with Gasteiger partial charge in [0.25, 0.3) is 0 Å². The minimum absolute atomic E-state index is 0.00841. The number of amides is 1. The second kappa shape index (κ2) is 5.99. The average Bonchev–Trinajstić information content (AvgIpc) is 3.20. The Morgan fingerprint density at radius 2 is 1.92 bits per heavy atom. The number of aromatic nitrogens is 1. The zero-order valence-corrected chi connectivity index (χ0v) is 15.3. The Balaban J connectivity index is 1.71. The second-order valence-corrected chi connectivity index (χ2v) is 8.78. The number of carbonyl (C=O) groups excluding carboxylic acids is 1. The molecule has 1 amide bonds. The molecule has 1 fully saturated rings. The van der Waals surface area contributed by atoms with Crippen molar-refractivity contribution < 1.29 is 14.7 Å². The number of thiazole rings is 1. The third-order valence-corrected chi connectivity index (χ3v) is 6.09. The van der Waals surface area contributed by atoms with Crippen LogP contribution in [-0.4, -0.2) is 22.0 Å². The van der Waals surface area contributed by atoms with Crippen molar-refractivity contribution in [3.8, 4) is 0 Å². The van der Waals surface area contributed by atoms with E-state index in [-0.39, 0.29) is 29.2 Å². The molecule has 2 bridgehead atoms. The SMILES string of the molecule is C[C@H](NC(=O)[C@@H]1[C@@H](C(=O)O)[C@H]2C=C[C@H]1C2)c1nc(C(C)(C)C)cs1. The lowest BCUT2D eigenvalue weighted by Gasteiger charge is -2.25. The van der Waals surface area contributed by atoms with E-state index in [2.05, 4.69) is 31.1 Å². The Labute approximate surface area is 146 Å².